The first kappa shape index (κ1) is 17.9. The van der Waals surface area contributed by atoms with Crippen LogP contribution in [0.15, 0.2) is 24.3 Å². The van der Waals surface area contributed by atoms with Crippen molar-refractivity contribution in [2.24, 2.45) is 5.73 Å². The number of aryl methyl sites for hydroxylation is 1. The highest BCUT2D eigenvalue weighted by atomic mass is 35.5. The number of methoxy groups -OCH3 is 1. The molecule has 0 radical (unpaired) electrons. The van der Waals surface area contributed by atoms with Gasteiger partial charge in [-0.15, -0.1) is 12.4 Å². The number of carbonyl (C=O) groups excluding carboxylic acids is 1. The molecule has 108 valence electrons. The number of rotatable bonds is 5. The minimum Gasteiger partial charge on any atom is -0.377 e. The first-order valence-corrected chi connectivity index (χ1v) is 6.01. The van der Waals surface area contributed by atoms with Gasteiger partial charge in [0.1, 0.15) is 6.04 Å². The van der Waals surface area contributed by atoms with Gasteiger partial charge in [0, 0.05) is 13.7 Å². The number of nitrogens with one attached hydrogen (secondary N) is 1. The molecular formula is C14H23ClN2O2. The maximum Gasteiger partial charge on any atom is 0.241 e. The molecule has 1 amide bonds. The molecule has 0 spiro atoms. The van der Waals surface area contributed by atoms with Crippen LogP contribution >= 0.6 is 12.4 Å². The highest BCUT2D eigenvalue weighted by Gasteiger charge is 2.21. The Balaban J connectivity index is 0.00000324. The molecular weight excluding hydrogens is 264 g/mol. The number of nitrogens with two attached hydrogens (primary N) is 1. The van der Waals surface area contributed by atoms with E-state index in [0.29, 0.717) is 6.54 Å². The maximum absolute atomic E-state index is 11.9. The van der Waals surface area contributed by atoms with E-state index in [1.54, 1.807) is 7.11 Å². The Bertz CT molecular complexity index is 404. The first-order valence-electron chi connectivity index (χ1n) is 6.01. The minimum absolute atomic E-state index is 0. The molecule has 0 saturated carbocycles. The van der Waals surface area contributed by atoms with Gasteiger partial charge < -0.3 is 15.8 Å². The molecule has 0 fully saturated rings. The lowest BCUT2D eigenvalue weighted by molar-refractivity contribution is -0.123. The molecule has 1 atom stereocenters. The summed E-state index contributed by atoms with van der Waals surface area (Å²) in [7, 11) is 1.62. The van der Waals surface area contributed by atoms with E-state index in [0.717, 1.165) is 11.1 Å². The largest absolute Gasteiger partial charge is 0.377 e. The Labute approximate surface area is 121 Å². The van der Waals surface area contributed by atoms with E-state index >= 15 is 0 Å². The fourth-order valence-corrected chi connectivity index (χ4v) is 1.41. The molecule has 1 unspecified atom stereocenters. The van der Waals surface area contributed by atoms with E-state index in [2.05, 4.69) is 5.32 Å². The molecule has 5 heteroatoms. The maximum atomic E-state index is 11.9. The van der Waals surface area contributed by atoms with Gasteiger partial charge in [0.05, 0.1) is 5.60 Å². The summed E-state index contributed by atoms with van der Waals surface area (Å²) in [4.78, 5) is 11.9. The average Bonchev–Trinajstić information content (AvgIpc) is 2.36. The molecule has 19 heavy (non-hydrogen) atoms. The molecule has 0 bridgehead atoms. The Morgan fingerprint density at radius 2 is 1.89 bits per heavy atom. The van der Waals surface area contributed by atoms with E-state index in [4.69, 9.17) is 10.5 Å². The van der Waals surface area contributed by atoms with Crippen LogP contribution in [-0.2, 0) is 9.53 Å². The van der Waals surface area contributed by atoms with E-state index in [1.807, 2.05) is 45.0 Å². The molecule has 0 aliphatic heterocycles. The van der Waals surface area contributed by atoms with Crippen molar-refractivity contribution >= 4 is 18.3 Å². The zero-order chi connectivity index (χ0) is 13.8. The van der Waals surface area contributed by atoms with Gasteiger partial charge in [0.25, 0.3) is 0 Å². The molecule has 0 aliphatic rings. The van der Waals surface area contributed by atoms with Crippen LogP contribution in [-0.4, -0.2) is 25.2 Å². The summed E-state index contributed by atoms with van der Waals surface area (Å²) in [6.45, 7) is 6.24. The first-order chi connectivity index (χ1) is 8.35. The summed E-state index contributed by atoms with van der Waals surface area (Å²) in [5.74, 6) is -0.191. The third-order valence-electron chi connectivity index (χ3n) is 2.96. The average molecular weight is 287 g/mol. The van der Waals surface area contributed by atoms with Gasteiger partial charge in [-0.25, -0.2) is 0 Å². The lowest BCUT2D eigenvalue weighted by atomic mass is 10.0. The molecule has 0 aromatic heterocycles. The molecule has 0 heterocycles. The standard InChI is InChI=1S/C14H22N2O2.ClH/c1-10-5-7-11(8-6-10)12(15)13(17)16-9-14(2,3)18-4;/h5-8,12H,9,15H2,1-4H3,(H,16,17);1H. The summed E-state index contributed by atoms with van der Waals surface area (Å²) >= 11 is 0. The lowest BCUT2D eigenvalue weighted by Crippen LogP contribution is -2.43. The highest BCUT2D eigenvalue weighted by molar-refractivity contribution is 5.85. The second kappa shape index (κ2) is 7.48. The molecule has 1 rings (SSSR count). The van der Waals surface area contributed by atoms with Crippen molar-refractivity contribution in [2.45, 2.75) is 32.4 Å². The molecule has 4 nitrogen and oxygen atoms in total. The fraction of sp³-hybridized carbons (Fsp3) is 0.500. The number of hydrogen-bond acceptors (Lipinski definition) is 3. The second-order valence-corrected chi connectivity index (χ2v) is 5.07. The number of ether oxygens (including phenoxy) is 1. The number of halogens is 1. The Morgan fingerprint density at radius 3 is 2.37 bits per heavy atom. The molecule has 0 saturated heterocycles. The highest BCUT2D eigenvalue weighted by Crippen LogP contribution is 2.12. The molecule has 1 aromatic rings. The van der Waals surface area contributed by atoms with Gasteiger partial charge in [-0.05, 0) is 26.3 Å². The second-order valence-electron chi connectivity index (χ2n) is 5.07. The summed E-state index contributed by atoms with van der Waals surface area (Å²) in [5, 5.41) is 2.80. The number of amides is 1. The monoisotopic (exact) mass is 286 g/mol. The van der Waals surface area contributed by atoms with Crippen molar-refractivity contribution in [1.82, 2.24) is 5.32 Å². The van der Waals surface area contributed by atoms with Crippen molar-refractivity contribution in [3.63, 3.8) is 0 Å². The van der Waals surface area contributed by atoms with Gasteiger partial charge in [-0.2, -0.15) is 0 Å². The SMILES string of the molecule is COC(C)(C)CNC(=O)C(N)c1ccc(C)cc1.Cl. The van der Waals surface area contributed by atoms with Crippen LogP contribution in [0.1, 0.15) is 31.0 Å². The zero-order valence-electron chi connectivity index (χ0n) is 11.9. The van der Waals surface area contributed by atoms with Crippen molar-refractivity contribution in [2.75, 3.05) is 13.7 Å². The third-order valence-corrected chi connectivity index (χ3v) is 2.96. The normalized spacial score (nSPS) is 12.5. The van der Waals surface area contributed by atoms with Crippen molar-refractivity contribution in [1.29, 1.82) is 0 Å². The van der Waals surface area contributed by atoms with Gasteiger partial charge >= 0.3 is 0 Å². The quantitative estimate of drug-likeness (QED) is 0.870. The Kier molecular flexibility index (Phi) is 7.05. The molecule has 3 N–H and O–H groups in total. The van der Waals surface area contributed by atoms with Crippen molar-refractivity contribution in [3.8, 4) is 0 Å². The Morgan fingerprint density at radius 1 is 1.37 bits per heavy atom. The topological polar surface area (TPSA) is 64.3 Å². The zero-order valence-corrected chi connectivity index (χ0v) is 12.7. The number of hydrogen-bond donors (Lipinski definition) is 2. The van der Waals surface area contributed by atoms with Crippen molar-refractivity contribution < 1.29 is 9.53 Å². The summed E-state index contributed by atoms with van der Waals surface area (Å²) < 4.78 is 5.23. The van der Waals surface area contributed by atoms with E-state index in [1.165, 1.54) is 0 Å². The smallest absolute Gasteiger partial charge is 0.241 e. The molecule has 1 aromatic carbocycles. The van der Waals surface area contributed by atoms with Crippen LogP contribution in [0, 0.1) is 6.92 Å². The summed E-state index contributed by atoms with van der Waals surface area (Å²) in [6.07, 6.45) is 0. The minimum atomic E-state index is -0.641. The number of carbonyl (C=O) groups is 1. The van der Waals surface area contributed by atoms with E-state index in [-0.39, 0.29) is 23.9 Å². The van der Waals surface area contributed by atoms with Crippen LogP contribution in [0.25, 0.3) is 0 Å². The van der Waals surface area contributed by atoms with Crippen LogP contribution in [0.3, 0.4) is 0 Å². The Hall–Kier alpha value is -1.10. The van der Waals surface area contributed by atoms with Crippen LogP contribution in [0.5, 0.6) is 0 Å². The van der Waals surface area contributed by atoms with E-state index in [9.17, 15) is 4.79 Å². The summed E-state index contributed by atoms with van der Waals surface area (Å²) in [6, 6.07) is 7.00. The molecule has 0 aliphatic carbocycles. The van der Waals surface area contributed by atoms with Gasteiger partial charge in [-0.1, -0.05) is 29.8 Å². The summed E-state index contributed by atoms with van der Waals surface area (Å²) in [5.41, 5.74) is 7.48. The van der Waals surface area contributed by atoms with Crippen LogP contribution in [0.2, 0.25) is 0 Å². The van der Waals surface area contributed by atoms with Gasteiger partial charge in [0.2, 0.25) is 5.91 Å². The van der Waals surface area contributed by atoms with Gasteiger partial charge in [0.15, 0.2) is 0 Å². The lowest BCUT2D eigenvalue weighted by Gasteiger charge is -2.24. The predicted molar refractivity (Wildman–Crippen MR) is 79.5 cm³/mol. The van der Waals surface area contributed by atoms with E-state index < -0.39 is 6.04 Å². The van der Waals surface area contributed by atoms with Crippen LogP contribution in [0.4, 0.5) is 0 Å². The fourth-order valence-electron chi connectivity index (χ4n) is 1.41. The number of benzene rings is 1. The van der Waals surface area contributed by atoms with Crippen molar-refractivity contribution in [3.05, 3.63) is 35.4 Å². The third kappa shape index (κ3) is 5.59. The van der Waals surface area contributed by atoms with Gasteiger partial charge in [-0.3, -0.25) is 4.79 Å². The predicted octanol–water partition coefficient (Wildman–Crippen LogP) is 1.96. The van der Waals surface area contributed by atoms with Crippen LogP contribution < -0.4 is 11.1 Å².